The monoisotopic (exact) mass is 361 g/mol. The molecule has 0 atom stereocenters. The zero-order chi connectivity index (χ0) is 17.1. The maximum absolute atomic E-state index is 13.9. The standard InChI is InChI=1S/C15H9ClFN5OS/c16-14-4-3-13(24-14)15(23)19-7-10-8-22(21-20-10)12-2-1-9(6-18)5-11(12)17/h1-5,8H,7H2,(H,19,23). The van der Waals surface area contributed by atoms with Gasteiger partial charge < -0.3 is 5.32 Å². The van der Waals surface area contributed by atoms with E-state index in [0.29, 0.717) is 14.9 Å². The summed E-state index contributed by atoms with van der Waals surface area (Å²) in [5, 5.41) is 19.2. The third-order valence-electron chi connectivity index (χ3n) is 3.09. The third kappa shape index (κ3) is 3.42. The molecular formula is C15H9ClFN5OS. The summed E-state index contributed by atoms with van der Waals surface area (Å²) in [4.78, 5) is 12.4. The third-order valence-corrected chi connectivity index (χ3v) is 4.32. The van der Waals surface area contributed by atoms with Crippen LogP contribution in [0.25, 0.3) is 5.69 Å². The topological polar surface area (TPSA) is 83.6 Å². The molecule has 0 unspecified atom stereocenters. The van der Waals surface area contributed by atoms with Gasteiger partial charge in [0.05, 0.1) is 33.6 Å². The number of benzene rings is 1. The highest BCUT2D eigenvalue weighted by atomic mass is 35.5. The Labute approximate surface area is 145 Å². The molecule has 24 heavy (non-hydrogen) atoms. The number of hydrogen-bond donors (Lipinski definition) is 1. The molecule has 9 heteroatoms. The molecule has 0 saturated heterocycles. The molecule has 3 rings (SSSR count). The average molecular weight is 362 g/mol. The minimum atomic E-state index is -0.581. The number of nitrogens with one attached hydrogen (secondary N) is 1. The van der Waals surface area contributed by atoms with Crippen molar-refractivity contribution in [1.29, 1.82) is 5.26 Å². The molecule has 0 spiro atoms. The number of carbonyl (C=O) groups is 1. The van der Waals surface area contributed by atoms with E-state index in [9.17, 15) is 9.18 Å². The molecule has 0 aliphatic carbocycles. The highest BCUT2D eigenvalue weighted by Gasteiger charge is 2.11. The van der Waals surface area contributed by atoms with Gasteiger partial charge in [-0.1, -0.05) is 16.8 Å². The molecule has 1 aromatic carbocycles. The van der Waals surface area contributed by atoms with E-state index in [1.165, 1.54) is 34.3 Å². The lowest BCUT2D eigenvalue weighted by Gasteiger charge is -2.02. The first-order valence-corrected chi connectivity index (χ1v) is 7.91. The van der Waals surface area contributed by atoms with Gasteiger partial charge in [-0.25, -0.2) is 9.07 Å². The maximum atomic E-state index is 13.9. The number of aromatic nitrogens is 3. The smallest absolute Gasteiger partial charge is 0.261 e. The van der Waals surface area contributed by atoms with E-state index in [2.05, 4.69) is 15.6 Å². The predicted octanol–water partition coefficient (Wildman–Crippen LogP) is 2.92. The molecule has 0 radical (unpaired) electrons. The Morgan fingerprint density at radius 2 is 2.25 bits per heavy atom. The Bertz CT molecular complexity index is 945. The summed E-state index contributed by atoms with van der Waals surface area (Å²) in [5.74, 6) is -0.853. The molecule has 1 N–H and O–H groups in total. The second-order valence-electron chi connectivity index (χ2n) is 4.72. The van der Waals surface area contributed by atoms with Gasteiger partial charge >= 0.3 is 0 Å². The molecule has 6 nitrogen and oxygen atoms in total. The number of carbonyl (C=O) groups excluding carboxylic acids is 1. The zero-order valence-corrected chi connectivity index (χ0v) is 13.6. The fraction of sp³-hybridized carbons (Fsp3) is 0.0667. The van der Waals surface area contributed by atoms with Crippen molar-refractivity contribution in [2.45, 2.75) is 6.54 Å². The Hall–Kier alpha value is -2.76. The van der Waals surface area contributed by atoms with Crippen molar-refractivity contribution < 1.29 is 9.18 Å². The molecule has 0 fully saturated rings. The number of rotatable bonds is 4. The Morgan fingerprint density at radius 3 is 2.92 bits per heavy atom. The number of nitriles is 1. The van der Waals surface area contributed by atoms with Crippen LogP contribution >= 0.6 is 22.9 Å². The van der Waals surface area contributed by atoms with E-state index < -0.39 is 5.82 Å². The van der Waals surface area contributed by atoms with Gasteiger partial charge in [0.1, 0.15) is 17.2 Å². The normalized spacial score (nSPS) is 10.4. The number of hydrogen-bond acceptors (Lipinski definition) is 5. The van der Waals surface area contributed by atoms with Crippen molar-refractivity contribution in [3.8, 4) is 11.8 Å². The minimum absolute atomic E-state index is 0.145. The summed E-state index contributed by atoms with van der Waals surface area (Å²) in [7, 11) is 0. The van der Waals surface area contributed by atoms with Crippen molar-refractivity contribution in [2.24, 2.45) is 0 Å². The molecule has 2 heterocycles. The van der Waals surface area contributed by atoms with E-state index in [-0.39, 0.29) is 23.7 Å². The molecule has 0 bridgehead atoms. The Kier molecular flexibility index (Phi) is 4.55. The summed E-state index contributed by atoms with van der Waals surface area (Å²) in [5.41, 5.74) is 0.859. The molecule has 0 aliphatic heterocycles. The molecule has 3 aromatic rings. The predicted molar refractivity (Wildman–Crippen MR) is 86.5 cm³/mol. The summed E-state index contributed by atoms with van der Waals surface area (Å²) in [6.45, 7) is 0.145. The minimum Gasteiger partial charge on any atom is -0.346 e. The van der Waals surface area contributed by atoms with Gasteiger partial charge in [0, 0.05) is 0 Å². The summed E-state index contributed by atoms with van der Waals surface area (Å²) < 4.78 is 15.7. The van der Waals surface area contributed by atoms with Gasteiger partial charge in [0.15, 0.2) is 0 Å². The van der Waals surface area contributed by atoms with Crippen molar-refractivity contribution in [1.82, 2.24) is 20.3 Å². The quantitative estimate of drug-likeness (QED) is 0.774. The first-order chi connectivity index (χ1) is 11.6. The fourth-order valence-corrected chi connectivity index (χ4v) is 2.91. The summed E-state index contributed by atoms with van der Waals surface area (Å²) in [6, 6.07) is 9.19. The van der Waals surface area contributed by atoms with Gasteiger partial charge in [-0.15, -0.1) is 16.4 Å². The molecular weight excluding hydrogens is 353 g/mol. The first-order valence-electron chi connectivity index (χ1n) is 6.71. The van der Waals surface area contributed by atoms with Crippen LogP contribution in [0.15, 0.2) is 36.5 Å². The fourth-order valence-electron chi connectivity index (χ4n) is 1.95. The van der Waals surface area contributed by atoms with Gasteiger partial charge in [-0.2, -0.15) is 5.26 Å². The molecule has 0 saturated carbocycles. The molecule has 120 valence electrons. The van der Waals surface area contributed by atoms with Crippen LogP contribution in [0.1, 0.15) is 20.9 Å². The van der Waals surface area contributed by atoms with E-state index in [0.717, 1.165) is 6.07 Å². The van der Waals surface area contributed by atoms with Crippen molar-refractivity contribution in [3.63, 3.8) is 0 Å². The van der Waals surface area contributed by atoms with Crippen LogP contribution in [0.4, 0.5) is 4.39 Å². The number of thiophene rings is 1. The first kappa shape index (κ1) is 16.1. The van der Waals surface area contributed by atoms with Crippen LogP contribution in [-0.2, 0) is 6.54 Å². The van der Waals surface area contributed by atoms with Crippen LogP contribution in [0, 0.1) is 17.1 Å². The van der Waals surface area contributed by atoms with Crippen molar-refractivity contribution >= 4 is 28.8 Å². The molecule has 0 aliphatic rings. The highest BCUT2D eigenvalue weighted by molar-refractivity contribution is 7.17. The van der Waals surface area contributed by atoms with Crippen LogP contribution in [0.2, 0.25) is 4.34 Å². The highest BCUT2D eigenvalue weighted by Crippen LogP contribution is 2.21. The van der Waals surface area contributed by atoms with Gasteiger partial charge in [0.25, 0.3) is 5.91 Å². The largest absolute Gasteiger partial charge is 0.346 e. The van der Waals surface area contributed by atoms with E-state index in [1.54, 1.807) is 12.1 Å². The van der Waals surface area contributed by atoms with E-state index >= 15 is 0 Å². The number of nitrogens with zero attached hydrogens (tertiary/aromatic N) is 4. The zero-order valence-electron chi connectivity index (χ0n) is 12.0. The van der Waals surface area contributed by atoms with E-state index in [4.69, 9.17) is 16.9 Å². The summed E-state index contributed by atoms with van der Waals surface area (Å²) in [6.07, 6.45) is 1.51. The second kappa shape index (κ2) is 6.78. The van der Waals surface area contributed by atoms with Gasteiger partial charge in [0.2, 0.25) is 0 Å². The number of amides is 1. The summed E-state index contributed by atoms with van der Waals surface area (Å²) >= 11 is 6.96. The van der Waals surface area contributed by atoms with Gasteiger partial charge in [-0.3, -0.25) is 4.79 Å². The maximum Gasteiger partial charge on any atom is 0.261 e. The van der Waals surface area contributed by atoms with Crippen LogP contribution in [0.5, 0.6) is 0 Å². The average Bonchev–Trinajstić information content (AvgIpc) is 3.21. The SMILES string of the molecule is N#Cc1ccc(-n2cc(CNC(=O)c3ccc(Cl)s3)nn2)c(F)c1. The molecule has 1 amide bonds. The van der Waals surface area contributed by atoms with Gasteiger partial charge in [-0.05, 0) is 30.3 Å². The second-order valence-corrected chi connectivity index (χ2v) is 6.43. The van der Waals surface area contributed by atoms with Crippen LogP contribution < -0.4 is 5.32 Å². The van der Waals surface area contributed by atoms with Crippen molar-refractivity contribution in [2.75, 3.05) is 0 Å². The lowest BCUT2D eigenvalue weighted by atomic mass is 10.2. The Morgan fingerprint density at radius 1 is 1.42 bits per heavy atom. The Balaban J connectivity index is 1.70. The van der Waals surface area contributed by atoms with Crippen LogP contribution in [-0.4, -0.2) is 20.9 Å². The molecule has 2 aromatic heterocycles. The van der Waals surface area contributed by atoms with E-state index in [1.807, 2.05) is 6.07 Å². The van der Waals surface area contributed by atoms with Crippen LogP contribution in [0.3, 0.4) is 0 Å². The van der Waals surface area contributed by atoms with Crippen molar-refractivity contribution in [3.05, 3.63) is 62.8 Å². The lowest BCUT2D eigenvalue weighted by molar-refractivity contribution is 0.0954. The lowest BCUT2D eigenvalue weighted by Crippen LogP contribution is -2.21. The number of halogens is 2.